The van der Waals surface area contributed by atoms with E-state index < -0.39 is 23.4 Å². The molecule has 1 heterocycles. The van der Waals surface area contributed by atoms with Crippen LogP contribution in [0.2, 0.25) is 0 Å². The first kappa shape index (κ1) is 14.3. The molecular weight excluding hydrogens is 266 g/mol. The molecule has 0 unspecified atom stereocenters. The summed E-state index contributed by atoms with van der Waals surface area (Å²) < 4.78 is 0. The number of carboxylic acids is 1. The lowest BCUT2D eigenvalue weighted by Gasteiger charge is -2.19. The summed E-state index contributed by atoms with van der Waals surface area (Å²) in [6.07, 6.45) is 2.77. The van der Waals surface area contributed by atoms with Crippen LogP contribution in [-0.4, -0.2) is 52.4 Å². The Kier molecular flexibility index (Phi) is 3.91. The van der Waals surface area contributed by atoms with Crippen molar-refractivity contribution < 1.29 is 24.3 Å². The second kappa shape index (κ2) is 5.48. The van der Waals surface area contributed by atoms with Crippen LogP contribution in [0.15, 0.2) is 0 Å². The number of aliphatic carboxylic acids is 1. The van der Waals surface area contributed by atoms with Crippen molar-refractivity contribution in [3.63, 3.8) is 0 Å². The Morgan fingerprint density at radius 1 is 1.30 bits per heavy atom. The van der Waals surface area contributed by atoms with Gasteiger partial charge in [-0.15, -0.1) is 0 Å². The molecule has 0 atom stereocenters. The molecule has 2 aliphatic rings. The van der Waals surface area contributed by atoms with Crippen molar-refractivity contribution in [3.05, 3.63) is 0 Å². The monoisotopic (exact) mass is 283 g/mol. The number of carbonyl (C=O) groups excluding carboxylic acids is 3. The summed E-state index contributed by atoms with van der Waals surface area (Å²) in [5.74, 6) is -1.91. The lowest BCUT2D eigenvalue weighted by molar-refractivity contribution is -0.137. The molecule has 4 amide bonds. The largest absolute Gasteiger partial charge is 0.481 e. The third kappa shape index (κ3) is 2.73. The normalized spacial score (nSPS) is 20.3. The number of carboxylic acid groups (broad SMARTS) is 1. The zero-order valence-corrected chi connectivity index (χ0v) is 11.0. The molecular formula is C12H17N3O5. The van der Waals surface area contributed by atoms with Gasteiger partial charge in [0.1, 0.15) is 12.1 Å². The molecule has 0 aromatic heterocycles. The molecule has 3 N–H and O–H groups in total. The Hall–Kier alpha value is -2.12. The number of imide groups is 1. The topological polar surface area (TPSA) is 116 Å². The Bertz CT molecular complexity index is 456. The number of nitrogens with zero attached hydrogens (tertiary/aromatic N) is 1. The smallest absolute Gasteiger partial charge is 0.325 e. The van der Waals surface area contributed by atoms with Gasteiger partial charge in [-0.3, -0.25) is 19.3 Å². The van der Waals surface area contributed by atoms with Crippen molar-refractivity contribution in [2.45, 2.75) is 37.6 Å². The molecule has 1 saturated heterocycles. The van der Waals surface area contributed by atoms with E-state index in [-0.39, 0.29) is 25.4 Å². The highest BCUT2D eigenvalue weighted by Crippen LogP contribution is 2.34. The van der Waals surface area contributed by atoms with Crippen molar-refractivity contribution in [1.29, 1.82) is 0 Å². The fraction of sp³-hybridized carbons (Fsp3) is 0.667. The first-order chi connectivity index (χ1) is 9.44. The van der Waals surface area contributed by atoms with E-state index in [0.29, 0.717) is 12.8 Å². The van der Waals surface area contributed by atoms with E-state index in [4.69, 9.17) is 5.11 Å². The second-order valence-corrected chi connectivity index (χ2v) is 5.10. The number of amides is 4. The molecule has 8 nitrogen and oxygen atoms in total. The molecule has 0 aromatic carbocycles. The highest BCUT2D eigenvalue weighted by Gasteiger charge is 2.52. The Morgan fingerprint density at radius 2 is 1.95 bits per heavy atom. The molecule has 0 aromatic rings. The maximum absolute atomic E-state index is 12.2. The third-order valence-electron chi connectivity index (χ3n) is 3.67. The molecule has 1 aliphatic heterocycles. The van der Waals surface area contributed by atoms with Gasteiger partial charge < -0.3 is 15.7 Å². The maximum atomic E-state index is 12.2. The van der Waals surface area contributed by atoms with Gasteiger partial charge in [0.25, 0.3) is 5.91 Å². The molecule has 20 heavy (non-hydrogen) atoms. The fourth-order valence-corrected chi connectivity index (χ4v) is 2.65. The predicted molar refractivity (Wildman–Crippen MR) is 66.7 cm³/mol. The van der Waals surface area contributed by atoms with Gasteiger partial charge in [-0.05, 0) is 12.8 Å². The molecule has 110 valence electrons. The van der Waals surface area contributed by atoms with Crippen molar-refractivity contribution in [1.82, 2.24) is 15.5 Å². The van der Waals surface area contributed by atoms with Crippen LogP contribution in [0.4, 0.5) is 4.79 Å². The Morgan fingerprint density at radius 3 is 2.55 bits per heavy atom. The molecule has 8 heteroatoms. The number of nitrogens with one attached hydrogen (secondary N) is 2. The van der Waals surface area contributed by atoms with Crippen molar-refractivity contribution in [2.75, 3.05) is 13.1 Å². The Balaban J connectivity index is 1.89. The van der Waals surface area contributed by atoms with Gasteiger partial charge >= 0.3 is 12.0 Å². The summed E-state index contributed by atoms with van der Waals surface area (Å²) in [4.78, 5) is 46.8. The summed E-state index contributed by atoms with van der Waals surface area (Å²) in [6, 6.07) is -0.551. The predicted octanol–water partition coefficient (Wildman–Crippen LogP) is -0.558. The van der Waals surface area contributed by atoms with E-state index in [1.165, 1.54) is 0 Å². The maximum Gasteiger partial charge on any atom is 0.325 e. The minimum absolute atomic E-state index is 0.0248. The summed E-state index contributed by atoms with van der Waals surface area (Å²) in [7, 11) is 0. The molecule has 0 bridgehead atoms. The highest BCUT2D eigenvalue weighted by molar-refractivity contribution is 6.09. The van der Waals surface area contributed by atoms with E-state index in [2.05, 4.69) is 10.6 Å². The highest BCUT2D eigenvalue weighted by atomic mass is 16.4. The van der Waals surface area contributed by atoms with Gasteiger partial charge in [0, 0.05) is 6.54 Å². The lowest BCUT2D eigenvalue weighted by Crippen LogP contribution is -2.45. The number of carbonyl (C=O) groups is 4. The lowest BCUT2D eigenvalue weighted by atomic mass is 9.98. The second-order valence-electron chi connectivity index (χ2n) is 5.10. The number of hydrogen-bond acceptors (Lipinski definition) is 4. The Labute approximate surface area is 115 Å². The van der Waals surface area contributed by atoms with E-state index in [1.54, 1.807) is 0 Å². The van der Waals surface area contributed by atoms with Gasteiger partial charge in [0.05, 0.1) is 6.42 Å². The quantitative estimate of drug-likeness (QED) is 0.585. The van der Waals surface area contributed by atoms with Gasteiger partial charge in [-0.1, -0.05) is 12.8 Å². The summed E-state index contributed by atoms with van der Waals surface area (Å²) in [5.41, 5.74) is -0.821. The molecule has 0 radical (unpaired) electrons. The van der Waals surface area contributed by atoms with E-state index in [0.717, 1.165) is 17.7 Å². The summed E-state index contributed by atoms with van der Waals surface area (Å²) in [5, 5.41) is 13.5. The van der Waals surface area contributed by atoms with Crippen LogP contribution < -0.4 is 10.6 Å². The minimum atomic E-state index is -1.02. The van der Waals surface area contributed by atoms with Crippen molar-refractivity contribution in [3.8, 4) is 0 Å². The number of rotatable bonds is 5. The molecule has 1 saturated carbocycles. The summed E-state index contributed by atoms with van der Waals surface area (Å²) >= 11 is 0. The minimum Gasteiger partial charge on any atom is -0.481 e. The van der Waals surface area contributed by atoms with Gasteiger partial charge in [0.2, 0.25) is 5.91 Å². The number of hydrogen-bond donors (Lipinski definition) is 3. The van der Waals surface area contributed by atoms with Crippen LogP contribution >= 0.6 is 0 Å². The van der Waals surface area contributed by atoms with Crippen LogP contribution in [0, 0.1) is 0 Å². The van der Waals surface area contributed by atoms with E-state index in [9.17, 15) is 19.2 Å². The van der Waals surface area contributed by atoms with Crippen molar-refractivity contribution >= 4 is 23.8 Å². The average Bonchev–Trinajstić information content (AvgIpc) is 2.91. The van der Waals surface area contributed by atoms with Gasteiger partial charge in [0.15, 0.2) is 0 Å². The van der Waals surface area contributed by atoms with Crippen molar-refractivity contribution in [2.24, 2.45) is 0 Å². The zero-order chi connectivity index (χ0) is 14.8. The fourth-order valence-electron chi connectivity index (χ4n) is 2.65. The van der Waals surface area contributed by atoms with Gasteiger partial charge in [-0.25, -0.2) is 4.79 Å². The third-order valence-corrected chi connectivity index (χ3v) is 3.67. The van der Waals surface area contributed by atoms with Crippen LogP contribution in [0.25, 0.3) is 0 Å². The molecule has 2 fully saturated rings. The first-order valence-electron chi connectivity index (χ1n) is 6.57. The van der Waals surface area contributed by atoms with Crippen LogP contribution in [-0.2, 0) is 14.4 Å². The van der Waals surface area contributed by atoms with Crippen LogP contribution in [0.1, 0.15) is 32.1 Å². The SMILES string of the molecule is O=C(O)CCNC(=O)CN1C(=O)NC2(CCCC2)C1=O. The average molecular weight is 283 g/mol. The van der Waals surface area contributed by atoms with E-state index in [1.807, 2.05) is 0 Å². The number of urea groups is 1. The zero-order valence-electron chi connectivity index (χ0n) is 11.0. The molecule has 1 spiro atoms. The van der Waals surface area contributed by atoms with E-state index >= 15 is 0 Å². The van der Waals surface area contributed by atoms with Crippen LogP contribution in [0.5, 0.6) is 0 Å². The molecule has 2 rings (SSSR count). The van der Waals surface area contributed by atoms with Gasteiger partial charge in [-0.2, -0.15) is 0 Å². The standard InChI is InChI=1S/C12H17N3O5/c16-8(13-6-3-9(17)18)7-15-10(19)12(14-11(15)20)4-1-2-5-12/h1-7H2,(H,13,16)(H,14,20)(H,17,18). The first-order valence-corrected chi connectivity index (χ1v) is 6.57. The van der Waals surface area contributed by atoms with Crippen LogP contribution in [0.3, 0.4) is 0 Å². The summed E-state index contributed by atoms with van der Waals surface area (Å²) in [6.45, 7) is -0.394. The molecule has 1 aliphatic carbocycles.